The number of aliphatic hydroxyl groups is 1. The molecule has 19 heavy (non-hydrogen) atoms. The average molecular weight is 278 g/mol. The Morgan fingerprint density at radius 2 is 2.00 bits per heavy atom. The van der Waals surface area contributed by atoms with Gasteiger partial charge >= 0.3 is 4.87 Å². The first-order valence-corrected chi connectivity index (χ1v) is 7.16. The third-order valence-electron chi connectivity index (χ3n) is 3.06. The first-order valence-electron chi connectivity index (χ1n) is 6.28. The molecule has 1 N–H and O–H groups in total. The highest BCUT2D eigenvalue weighted by molar-refractivity contribution is 7.07. The van der Waals surface area contributed by atoms with Gasteiger partial charge in [0.25, 0.3) is 0 Å². The largest absolute Gasteiger partial charge is 0.395 e. The molecule has 0 amide bonds. The van der Waals surface area contributed by atoms with E-state index >= 15 is 0 Å². The van der Waals surface area contributed by atoms with E-state index in [2.05, 4.69) is 4.90 Å². The monoisotopic (exact) mass is 278 g/mol. The fourth-order valence-corrected chi connectivity index (χ4v) is 2.79. The van der Waals surface area contributed by atoms with Crippen LogP contribution in [-0.4, -0.2) is 29.4 Å². The van der Waals surface area contributed by atoms with Gasteiger partial charge in [-0.3, -0.25) is 4.79 Å². The smallest absolute Gasteiger partial charge is 0.307 e. The van der Waals surface area contributed by atoms with Gasteiger partial charge in [-0.25, -0.2) is 0 Å². The van der Waals surface area contributed by atoms with Gasteiger partial charge in [0.2, 0.25) is 0 Å². The van der Waals surface area contributed by atoms with Crippen LogP contribution in [0.1, 0.15) is 5.69 Å². The summed E-state index contributed by atoms with van der Waals surface area (Å²) >= 11 is 1.23. The number of rotatable bonds is 6. The molecule has 2 aromatic rings. The number of thiazole rings is 1. The van der Waals surface area contributed by atoms with Crippen molar-refractivity contribution in [2.75, 3.05) is 24.6 Å². The van der Waals surface area contributed by atoms with Crippen molar-refractivity contribution in [1.82, 2.24) is 4.57 Å². The standard InChI is InChI=1S/C14H18N2O2S/c1-12-11-19-14(18)16(12)8-7-15(9-10-17)13-5-3-2-4-6-13/h2-6,11,17H,7-10H2,1H3. The van der Waals surface area contributed by atoms with E-state index in [9.17, 15) is 4.79 Å². The maximum atomic E-state index is 11.7. The van der Waals surface area contributed by atoms with Gasteiger partial charge in [-0.2, -0.15) is 0 Å². The summed E-state index contributed by atoms with van der Waals surface area (Å²) in [6.07, 6.45) is 0. The van der Waals surface area contributed by atoms with E-state index in [1.807, 2.05) is 42.6 Å². The zero-order chi connectivity index (χ0) is 13.7. The summed E-state index contributed by atoms with van der Waals surface area (Å²) in [5, 5.41) is 11.0. The van der Waals surface area contributed by atoms with Crippen LogP contribution in [0.25, 0.3) is 0 Å². The molecule has 5 heteroatoms. The van der Waals surface area contributed by atoms with Gasteiger partial charge in [0.1, 0.15) is 0 Å². The molecule has 1 heterocycles. The van der Waals surface area contributed by atoms with Crippen LogP contribution < -0.4 is 9.77 Å². The van der Waals surface area contributed by atoms with Crippen molar-refractivity contribution in [3.05, 3.63) is 51.1 Å². The molecule has 0 saturated carbocycles. The lowest BCUT2D eigenvalue weighted by molar-refractivity contribution is 0.301. The van der Waals surface area contributed by atoms with Gasteiger partial charge in [-0.05, 0) is 19.1 Å². The van der Waals surface area contributed by atoms with Crippen molar-refractivity contribution < 1.29 is 5.11 Å². The highest BCUT2D eigenvalue weighted by Crippen LogP contribution is 2.13. The van der Waals surface area contributed by atoms with Gasteiger partial charge < -0.3 is 14.6 Å². The SMILES string of the molecule is Cc1csc(=O)n1CCN(CCO)c1ccccc1. The third kappa shape index (κ3) is 3.45. The van der Waals surface area contributed by atoms with E-state index in [4.69, 9.17) is 5.11 Å². The van der Waals surface area contributed by atoms with Gasteiger partial charge in [0.05, 0.1) is 6.61 Å². The lowest BCUT2D eigenvalue weighted by atomic mass is 10.3. The molecule has 0 fully saturated rings. The number of para-hydroxylation sites is 1. The Morgan fingerprint density at radius 1 is 1.26 bits per heavy atom. The number of aryl methyl sites for hydroxylation is 1. The van der Waals surface area contributed by atoms with E-state index in [1.54, 1.807) is 4.57 Å². The second-order valence-electron chi connectivity index (χ2n) is 4.34. The molecule has 0 aliphatic heterocycles. The summed E-state index contributed by atoms with van der Waals surface area (Å²) in [6, 6.07) is 9.94. The van der Waals surface area contributed by atoms with E-state index in [0.29, 0.717) is 19.6 Å². The van der Waals surface area contributed by atoms with E-state index in [0.717, 1.165) is 11.4 Å². The van der Waals surface area contributed by atoms with E-state index in [1.165, 1.54) is 11.3 Å². The number of hydrogen-bond donors (Lipinski definition) is 1. The first kappa shape index (κ1) is 13.8. The van der Waals surface area contributed by atoms with E-state index < -0.39 is 0 Å². The van der Waals surface area contributed by atoms with Gasteiger partial charge in [0.15, 0.2) is 0 Å². The summed E-state index contributed by atoms with van der Waals surface area (Å²) < 4.78 is 1.78. The highest BCUT2D eigenvalue weighted by Gasteiger charge is 2.08. The zero-order valence-electron chi connectivity index (χ0n) is 11.0. The normalized spacial score (nSPS) is 10.6. The Bertz CT molecular complexity index is 562. The quantitative estimate of drug-likeness (QED) is 0.875. The topological polar surface area (TPSA) is 45.5 Å². The minimum Gasteiger partial charge on any atom is -0.395 e. The van der Waals surface area contributed by atoms with Crippen LogP contribution in [-0.2, 0) is 6.54 Å². The molecule has 0 radical (unpaired) electrons. The highest BCUT2D eigenvalue weighted by atomic mass is 32.1. The van der Waals surface area contributed by atoms with E-state index in [-0.39, 0.29) is 11.5 Å². The first-order chi connectivity index (χ1) is 9.22. The summed E-state index contributed by atoms with van der Waals surface area (Å²) in [7, 11) is 0. The summed E-state index contributed by atoms with van der Waals surface area (Å²) in [6.45, 7) is 3.97. The van der Waals surface area contributed by atoms with Crippen molar-refractivity contribution in [2.45, 2.75) is 13.5 Å². The molecule has 4 nitrogen and oxygen atoms in total. The summed E-state index contributed by atoms with van der Waals surface area (Å²) in [5.74, 6) is 0. The molecule has 102 valence electrons. The fourth-order valence-electron chi connectivity index (χ4n) is 2.02. The number of aromatic nitrogens is 1. The Balaban J connectivity index is 2.08. The van der Waals surface area contributed by atoms with Crippen molar-refractivity contribution in [1.29, 1.82) is 0 Å². The molecule has 0 unspecified atom stereocenters. The predicted octanol–water partition coefficient (Wildman–Crippen LogP) is 1.72. The molecule has 0 saturated heterocycles. The van der Waals surface area contributed by atoms with Crippen LogP contribution in [0.3, 0.4) is 0 Å². The summed E-state index contributed by atoms with van der Waals surface area (Å²) in [5.41, 5.74) is 2.06. The van der Waals surface area contributed by atoms with Crippen LogP contribution >= 0.6 is 11.3 Å². The Kier molecular flexibility index (Phi) is 4.76. The van der Waals surface area contributed by atoms with Gasteiger partial charge in [0, 0.05) is 36.4 Å². The summed E-state index contributed by atoms with van der Waals surface area (Å²) in [4.78, 5) is 13.8. The number of anilines is 1. The van der Waals surface area contributed by atoms with Crippen LogP contribution in [0, 0.1) is 6.92 Å². The maximum Gasteiger partial charge on any atom is 0.307 e. The Morgan fingerprint density at radius 3 is 2.58 bits per heavy atom. The molecule has 2 rings (SSSR count). The fraction of sp³-hybridized carbons (Fsp3) is 0.357. The molecule has 1 aromatic carbocycles. The number of benzene rings is 1. The lowest BCUT2D eigenvalue weighted by Crippen LogP contribution is -2.32. The number of hydrogen-bond acceptors (Lipinski definition) is 4. The predicted molar refractivity (Wildman–Crippen MR) is 79.1 cm³/mol. The molecule has 0 bridgehead atoms. The molecule has 0 aliphatic rings. The van der Waals surface area contributed by atoms with Gasteiger partial charge in [-0.1, -0.05) is 29.5 Å². The van der Waals surface area contributed by atoms with Crippen molar-refractivity contribution in [2.24, 2.45) is 0 Å². The van der Waals surface area contributed by atoms with Crippen molar-refractivity contribution >= 4 is 17.0 Å². The lowest BCUT2D eigenvalue weighted by Gasteiger charge is -2.24. The molecule has 1 aromatic heterocycles. The molecular weight excluding hydrogens is 260 g/mol. The van der Waals surface area contributed by atoms with Crippen LogP contribution in [0.4, 0.5) is 5.69 Å². The maximum absolute atomic E-state index is 11.7. The second-order valence-corrected chi connectivity index (χ2v) is 5.16. The number of nitrogens with zero attached hydrogens (tertiary/aromatic N) is 2. The second kappa shape index (κ2) is 6.54. The minimum absolute atomic E-state index is 0.0783. The average Bonchev–Trinajstić information content (AvgIpc) is 2.75. The number of aliphatic hydroxyl groups excluding tert-OH is 1. The minimum atomic E-state index is 0.0783. The Hall–Kier alpha value is -1.59. The molecule has 0 atom stereocenters. The van der Waals surface area contributed by atoms with Crippen LogP contribution in [0.5, 0.6) is 0 Å². The van der Waals surface area contributed by atoms with Crippen molar-refractivity contribution in [3.8, 4) is 0 Å². The molecule has 0 spiro atoms. The molecular formula is C14H18N2O2S. The van der Waals surface area contributed by atoms with Crippen LogP contribution in [0.2, 0.25) is 0 Å². The third-order valence-corrected chi connectivity index (χ3v) is 3.94. The zero-order valence-corrected chi connectivity index (χ0v) is 11.8. The molecule has 0 aliphatic carbocycles. The van der Waals surface area contributed by atoms with Crippen LogP contribution in [0.15, 0.2) is 40.5 Å². The Labute approximate surface area is 116 Å². The van der Waals surface area contributed by atoms with Gasteiger partial charge in [-0.15, -0.1) is 0 Å². The van der Waals surface area contributed by atoms with Crippen molar-refractivity contribution in [3.63, 3.8) is 0 Å².